The summed E-state index contributed by atoms with van der Waals surface area (Å²) >= 11 is 0. The largest absolute Gasteiger partial charge is 0.335 e. The van der Waals surface area contributed by atoms with Gasteiger partial charge in [-0.15, -0.1) is 0 Å². The summed E-state index contributed by atoms with van der Waals surface area (Å²) in [6.07, 6.45) is 0. The van der Waals surface area contributed by atoms with Crippen molar-refractivity contribution < 1.29 is 17.6 Å². The van der Waals surface area contributed by atoms with Crippen molar-refractivity contribution in [2.75, 3.05) is 26.2 Å². The van der Waals surface area contributed by atoms with Gasteiger partial charge < -0.3 is 4.90 Å². The van der Waals surface area contributed by atoms with Crippen LogP contribution in [0.2, 0.25) is 0 Å². The summed E-state index contributed by atoms with van der Waals surface area (Å²) in [5.74, 6) is -0.843. The molecule has 0 unspecified atom stereocenters. The van der Waals surface area contributed by atoms with E-state index in [1.165, 1.54) is 22.5 Å². The first kappa shape index (κ1) is 20.2. The molecule has 30 heavy (non-hydrogen) atoms. The molecule has 7 nitrogen and oxygen atoms in total. The number of sulfonamides is 1. The molecule has 1 aromatic heterocycles. The molecule has 0 atom stereocenters. The van der Waals surface area contributed by atoms with Crippen LogP contribution in [0, 0.1) is 12.7 Å². The van der Waals surface area contributed by atoms with Gasteiger partial charge in [-0.2, -0.15) is 9.40 Å². The predicted octanol–water partition coefficient (Wildman–Crippen LogP) is 2.47. The quantitative estimate of drug-likeness (QED) is 0.640. The molecule has 1 amide bonds. The summed E-state index contributed by atoms with van der Waals surface area (Å²) in [6, 6.07) is 16.2. The molecule has 1 saturated heterocycles. The second-order valence-corrected chi connectivity index (χ2v) is 9.01. The second kappa shape index (κ2) is 8.00. The van der Waals surface area contributed by atoms with Gasteiger partial charge in [0, 0.05) is 31.9 Å². The third-order valence-corrected chi connectivity index (χ3v) is 6.96. The molecular formula is C21H21FN4O3S. The standard InChI is InChI=1S/C21H21FN4O3S/c1-16-14-20(23-26(16)18-7-3-2-4-8-18)21(27)24-10-12-25(13-11-24)30(28,29)19-9-5-6-17(22)15-19/h2-9,14-15H,10-13H2,1H3. The summed E-state index contributed by atoms with van der Waals surface area (Å²) < 4.78 is 41.9. The van der Waals surface area contributed by atoms with Gasteiger partial charge in [0.15, 0.2) is 5.69 Å². The van der Waals surface area contributed by atoms with Crippen molar-refractivity contribution in [1.29, 1.82) is 0 Å². The first-order valence-electron chi connectivity index (χ1n) is 9.53. The van der Waals surface area contributed by atoms with Crippen LogP contribution >= 0.6 is 0 Å². The summed E-state index contributed by atoms with van der Waals surface area (Å²) in [5.41, 5.74) is 2.01. The van der Waals surface area contributed by atoms with Crippen LogP contribution in [-0.2, 0) is 10.0 Å². The van der Waals surface area contributed by atoms with Crippen molar-refractivity contribution in [3.05, 3.63) is 77.9 Å². The number of para-hydroxylation sites is 1. The van der Waals surface area contributed by atoms with Crippen molar-refractivity contribution >= 4 is 15.9 Å². The van der Waals surface area contributed by atoms with Crippen molar-refractivity contribution in [2.45, 2.75) is 11.8 Å². The number of piperazine rings is 1. The Labute approximate surface area is 174 Å². The predicted molar refractivity (Wildman–Crippen MR) is 109 cm³/mol. The molecule has 2 heterocycles. The molecule has 1 fully saturated rings. The number of amides is 1. The Morgan fingerprint density at radius 2 is 1.67 bits per heavy atom. The lowest BCUT2D eigenvalue weighted by molar-refractivity contribution is 0.0691. The van der Waals surface area contributed by atoms with Crippen LogP contribution in [0.1, 0.15) is 16.2 Å². The minimum absolute atomic E-state index is 0.0838. The van der Waals surface area contributed by atoms with Crippen LogP contribution in [-0.4, -0.2) is 59.5 Å². The number of hydrogen-bond acceptors (Lipinski definition) is 4. The summed E-state index contributed by atoms with van der Waals surface area (Å²) in [7, 11) is -3.80. The van der Waals surface area contributed by atoms with Crippen LogP contribution in [0.25, 0.3) is 5.69 Å². The molecule has 4 rings (SSSR count). The molecule has 2 aromatic carbocycles. The number of carbonyl (C=O) groups excluding carboxylic acids is 1. The summed E-state index contributed by atoms with van der Waals surface area (Å²) in [5, 5.41) is 4.43. The fourth-order valence-corrected chi connectivity index (χ4v) is 4.93. The number of rotatable bonds is 4. The Kier molecular flexibility index (Phi) is 5.40. The van der Waals surface area contributed by atoms with Gasteiger partial charge in [-0.05, 0) is 43.3 Å². The zero-order chi connectivity index (χ0) is 21.3. The number of halogens is 1. The number of hydrogen-bond donors (Lipinski definition) is 0. The van der Waals surface area contributed by atoms with Gasteiger partial charge in [0.25, 0.3) is 5.91 Å². The number of nitrogens with zero attached hydrogens (tertiary/aromatic N) is 4. The van der Waals surface area contributed by atoms with Crippen LogP contribution in [0.3, 0.4) is 0 Å². The molecule has 0 aliphatic carbocycles. The number of benzene rings is 2. The smallest absolute Gasteiger partial charge is 0.274 e. The van der Waals surface area contributed by atoms with E-state index in [1.54, 1.807) is 15.6 Å². The fourth-order valence-electron chi connectivity index (χ4n) is 3.48. The zero-order valence-corrected chi connectivity index (χ0v) is 17.2. The van der Waals surface area contributed by atoms with Crippen molar-refractivity contribution in [3.8, 4) is 5.69 Å². The first-order chi connectivity index (χ1) is 14.4. The third kappa shape index (κ3) is 3.86. The van der Waals surface area contributed by atoms with E-state index in [9.17, 15) is 17.6 Å². The van der Waals surface area contributed by atoms with Gasteiger partial charge in [0.05, 0.1) is 10.6 Å². The molecule has 0 spiro atoms. The van der Waals surface area contributed by atoms with E-state index in [1.807, 2.05) is 37.3 Å². The van der Waals surface area contributed by atoms with Gasteiger partial charge in [0.2, 0.25) is 10.0 Å². The summed E-state index contributed by atoms with van der Waals surface area (Å²) in [4.78, 5) is 14.4. The molecular weight excluding hydrogens is 407 g/mol. The van der Waals surface area contributed by atoms with Gasteiger partial charge in [-0.25, -0.2) is 17.5 Å². The maximum atomic E-state index is 13.4. The number of aryl methyl sites for hydroxylation is 1. The van der Waals surface area contributed by atoms with Crippen LogP contribution in [0.15, 0.2) is 65.6 Å². The van der Waals surface area contributed by atoms with Crippen LogP contribution in [0.4, 0.5) is 4.39 Å². The molecule has 9 heteroatoms. The number of carbonyl (C=O) groups is 1. The lowest BCUT2D eigenvalue weighted by Crippen LogP contribution is -2.50. The van der Waals surface area contributed by atoms with E-state index in [0.29, 0.717) is 5.69 Å². The molecule has 1 aliphatic rings. The highest BCUT2D eigenvalue weighted by atomic mass is 32.2. The van der Waals surface area contributed by atoms with E-state index in [-0.39, 0.29) is 37.0 Å². The van der Waals surface area contributed by atoms with Gasteiger partial charge in [0.1, 0.15) is 5.82 Å². The SMILES string of the molecule is Cc1cc(C(=O)N2CCN(S(=O)(=O)c3cccc(F)c3)CC2)nn1-c1ccccc1. The summed E-state index contributed by atoms with van der Waals surface area (Å²) in [6.45, 7) is 2.64. The fraction of sp³-hybridized carbons (Fsp3) is 0.238. The van der Waals surface area contributed by atoms with Crippen molar-refractivity contribution in [1.82, 2.24) is 19.0 Å². The minimum Gasteiger partial charge on any atom is -0.335 e. The zero-order valence-electron chi connectivity index (χ0n) is 16.4. The molecule has 0 radical (unpaired) electrons. The molecule has 3 aromatic rings. The third-order valence-electron chi connectivity index (χ3n) is 5.07. The average Bonchev–Trinajstić information content (AvgIpc) is 3.15. The van der Waals surface area contributed by atoms with Crippen molar-refractivity contribution in [2.24, 2.45) is 0 Å². The average molecular weight is 428 g/mol. The molecule has 1 aliphatic heterocycles. The maximum Gasteiger partial charge on any atom is 0.274 e. The Hall–Kier alpha value is -3.04. The first-order valence-corrected chi connectivity index (χ1v) is 11.0. The highest BCUT2D eigenvalue weighted by molar-refractivity contribution is 7.89. The number of aromatic nitrogens is 2. The van der Waals surface area contributed by atoms with Gasteiger partial charge in [-0.1, -0.05) is 24.3 Å². The van der Waals surface area contributed by atoms with Crippen LogP contribution in [0.5, 0.6) is 0 Å². The van der Waals surface area contributed by atoms with E-state index in [2.05, 4.69) is 5.10 Å². The lowest BCUT2D eigenvalue weighted by atomic mass is 10.3. The monoisotopic (exact) mass is 428 g/mol. The van der Waals surface area contributed by atoms with E-state index in [0.717, 1.165) is 17.4 Å². The Morgan fingerprint density at radius 1 is 0.967 bits per heavy atom. The lowest BCUT2D eigenvalue weighted by Gasteiger charge is -2.33. The normalized spacial score (nSPS) is 15.3. The van der Waals surface area contributed by atoms with E-state index >= 15 is 0 Å². The van der Waals surface area contributed by atoms with Crippen molar-refractivity contribution in [3.63, 3.8) is 0 Å². The van der Waals surface area contributed by atoms with E-state index in [4.69, 9.17) is 0 Å². The van der Waals surface area contributed by atoms with E-state index < -0.39 is 15.8 Å². The second-order valence-electron chi connectivity index (χ2n) is 7.07. The van der Waals surface area contributed by atoms with Crippen LogP contribution < -0.4 is 0 Å². The Morgan fingerprint density at radius 3 is 2.33 bits per heavy atom. The molecule has 0 N–H and O–H groups in total. The molecule has 0 saturated carbocycles. The Balaban J connectivity index is 1.46. The molecule has 156 valence electrons. The maximum absolute atomic E-state index is 13.4. The highest BCUT2D eigenvalue weighted by Crippen LogP contribution is 2.20. The van der Waals surface area contributed by atoms with Gasteiger partial charge >= 0.3 is 0 Å². The highest BCUT2D eigenvalue weighted by Gasteiger charge is 2.31. The van der Waals surface area contributed by atoms with Gasteiger partial charge in [-0.3, -0.25) is 4.79 Å². The topological polar surface area (TPSA) is 75.5 Å². The molecule has 0 bridgehead atoms. The minimum atomic E-state index is -3.80. The Bertz CT molecular complexity index is 1170.